The van der Waals surface area contributed by atoms with E-state index in [1.165, 1.54) is 12.1 Å². The van der Waals surface area contributed by atoms with E-state index in [4.69, 9.17) is 13.9 Å². The zero-order valence-electron chi connectivity index (χ0n) is 15.6. The summed E-state index contributed by atoms with van der Waals surface area (Å²) >= 11 is 0. The van der Waals surface area contributed by atoms with Gasteiger partial charge in [0.15, 0.2) is 5.76 Å². The molecule has 0 fully saturated rings. The van der Waals surface area contributed by atoms with Gasteiger partial charge in [-0.05, 0) is 44.0 Å². The Bertz CT molecular complexity index is 821. The highest BCUT2D eigenvalue weighted by Gasteiger charge is 2.23. The van der Waals surface area contributed by atoms with Gasteiger partial charge in [-0.3, -0.25) is 0 Å². The molecule has 0 N–H and O–H groups in total. The maximum atomic E-state index is 11.9. The first-order valence-electron chi connectivity index (χ1n) is 8.54. The highest BCUT2D eigenvalue weighted by molar-refractivity contribution is 6.30. The second-order valence-electron chi connectivity index (χ2n) is 5.74. The summed E-state index contributed by atoms with van der Waals surface area (Å²) in [6.45, 7) is 7.43. The highest BCUT2D eigenvalue weighted by Crippen LogP contribution is 2.31. The quantitative estimate of drug-likeness (QED) is 0.431. The Kier molecular flexibility index (Phi) is 6.70. The Morgan fingerprint density at radius 1 is 1.00 bits per heavy atom. The minimum atomic E-state index is -1.10. The number of hydrogen-bond acceptors (Lipinski definition) is 8. The number of carbonyl (C=O) groups excluding carboxylic acids is 3. The van der Waals surface area contributed by atoms with Crippen LogP contribution in [0.15, 0.2) is 28.7 Å². The Labute approximate surface area is 156 Å². The number of carbonyl (C=O) groups is 3. The Morgan fingerprint density at radius 2 is 1.63 bits per heavy atom. The lowest BCUT2D eigenvalue weighted by Gasteiger charge is -2.06. The molecule has 0 atom stereocenters. The van der Waals surface area contributed by atoms with Gasteiger partial charge in [0.1, 0.15) is 5.75 Å². The average Bonchev–Trinajstić information content (AvgIpc) is 3.08. The summed E-state index contributed by atoms with van der Waals surface area (Å²) in [5.41, 5.74) is 1.24. The molecule has 144 valence electrons. The summed E-state index contributed by atoms with van der Waals surface area (Å²) in [5.74, 6) is -2.30. The molecule has 1 heterocycles. The fourth-order valence-electron chi connectivity index (χ4n) is 2.22. The van der Waals surface area contributed by atoms with Crippen molar-refractivity contribution < 1.29 is 33.0 Å². The van der Waals surface area contributed by atoms with Crippen LogP contribution in [0.25, 0.3) is 11.3 Å². The van der Waals surface area contributed by atoms with E-state index in [0.29, 0.717) is 17.0 Å². The maximum Gasteiger partial charge on any atom is 0.422 e. The average molecular weight is 375 g/mol. The molecule has 0 amide bonds. The third kappa shape index (κ3) is 4.93. The van der Waals surface area contributed by atoms with Gasteiger partial charge in [-0.1, -0.05) is 13.8 Å². The van der Waals surface area contributed by atoms with E-state index in [9.17, 15) is 14.4 Å². The molecule has 0 aliphatic heterocycles. The molecule has 0 spiro atoms. The van der Waals surface area contributed by atoms with Crippen LogP contribution in [0.2, 0.25) is 0 Å². The van der Waals surface area contributed by atoms with Crippen molar-refractivity contribution in [3.63, 3.8) is 0 Å². The molecule has 0 bridgehead atoms. The number of ether oxygens (including phenoxy) is 3. The Hall–Kier alpha value is -3.16. The SMILES string of the molecule is CCOC(=O)C(=O)Oc1ccc(-c2oc(C(=O)OCC)nc2C(C)C)cc1. The number of oxazole rings is 1. The molecule has 0 aliphatic rings. The third-order valence-corrected chi connectivity index (χ3v) is 3.42. The van der Waals surface area contributed by atoms with Crippen LogP contribution in [-0.2, 0) is 19.1 Å². The number of benzene rings is 1. The van der Waals surface area contributed by atoms with Crippen molar-refractivity contribution in [2.24, 2.45) is 0 Å². The van der Waals surface area contributed by atoms with Gasteiger partial charge in [-0.25, -0.2) is 19.4 Å². The van der Waals surface area contributed by atoms with Gasteiger partial charge in [0.25, 0.3) is 0 Å². The standard InChI is InChI=1S/C19H21NO7/c1-5-24-17(21)16-20-14(11(3)4)15(27-16)12-7-9-13(10-8-12)26-19(23)18(22)25-6-2/h7-11H,5-6H2,1-4H3. The molecular weight excluding hydrogens is 354 g/mol. The molecule has 1 aromatic heterocycles. The molecule has 2 aromatic rings. The molecule has 2 rings (SSSR count). The predicted octanol–water partition coefficient (Wildman–Crippen LogP) is 3.11. The topological polar surface area (TPSA) is 105 Å². The number of esters is 3. The summed E-state index contributed by atoms with van der Waals surface area (Å²) in [6.07, 6.45) is 0. The number of rotatable bonds is 6. The van der Waals surface area contributed by atoms with Crippen molar-refractivity contribution in [2.45, 2.75) is 33.6 Å². The molecule has 0 aliphatic carbocycles. The van der Waals surface area contributed by atoms with Gasteiger partial charge in [0.05, 0.1) is 18.9 Å². The van der Waals surface area contributed by atoms with Crippen LogP contribution in [0.5, 0.6) is 5.75 Å². The first kappa shape index (κ1) is 20.2. The van der Waals surface area contributed by atoms with E-state index in [0.717, 1.165) is 0 Å². The lowest BCUT2D eigenvalue weighted by molar-refractivity contribution is -0.161. The maximum absolute atomic E-state index is 11.9. The van der Waals surface area contributed by atoms with Gasteiger partial charge in [0, 0.05) is 5.56 Å². The molecule has 1 aromatic carbocycles. The van der Waals surface area contributed by atoms with Crippen molar-refractivity contribution in [1.82, 2.24) is 4.98 Å². The van der Waals surface area contributed by atoms with Crippen LogP contribution < -0.4 is 4.74 Å². The monoisotopic (exact) mass is 375 g/mol. The Morgan fingerprint density at radius 3 is 2.19 bits per heavy atom. The third-order valence-electron chi connectivity index (χ3n) is 3.42. The van der Waals surface area contributed by atoms with Gasteiger partial charge < -0.3 is 18.6 Å². The van der Waals surface area contributed by atoms with E-state index in [2.05, 4.69) is 9.72 Å². The largest absolute Gasteiger partial charge is 0.459 e. The fraction of sp³-hybridized carbons (Fsp3) is 0.368. The van der Waals surface area contributed by atoms with Crippen LogP contribution in [0.1, 0.15) is 50.0 Å². The van der Waals surface area contributed by atoms with Crippen LogP contribution in [0.4, 0.5) is 0 Å². The zero-order chi connectivity index (χ0) is 20.0. The summed E-state index contributed by atoms with van der Waals surface area (Å²) in [7, 11) is 0. The molecule has 8 nitrogen and oxygen atoms in total. The van der Waals surface area contributed by atoms with E-state index >= 15 is 0 Å². The molecule has 0 radical (unpaired) electrons. The van der Waals surface area contributed by atoms with E-state index in [1.807, 2.05) is 13.8 Å². The second kappa shape index (κ2) is 8.98. The summed E-state index contributed by atoms with van der Waals surface area (Å²) in [5, 5.41) is 0. The van der Waals surface area contributed by atoms with Gasteiger partial charge >= 0.3 is 23.8 Å². The summed E-state index contributed by atoms with van der Waals surface area (Å²) < 4.78 is 20.0. The van der Waals surface area contributed by atoms with Crippen molar-refractivity contribution >= 4 is 17.9 Å². The van der Waals surface area contributed by atoms with Gasteiger partial charge in [-0.15, -0.1) is 0 Å². The normalized spacial score (nSPS) is 10.6. The number of hydrogen-bond donors (Lipinski definition) is 0. The zero-order valence-corrected chi connectivity index (χ0v) is 15.6. The van der Waals surface area contributed by atoms with Crippen molar-refractivity contribution in [3.8, 4) is 17.1 Å². The molecule has 0 saturated heterocycles. The molecule has 8 heteroatoms. The summed E-state index contributed by atoms with van der Waals surface area (Å²) in [4.78, 5) is 39.0. The number of nitrogens with zero attached hydrogens (tertiary/aromatic N) is 1. The van der Waals surface area contributed by atoms with E-state index in [1.54, 1.807) is 26.0 Å². The lowest BCUT2D eigenvalue weighted by Crippen LogP contribution is -2.22. The molecular formula is C19H21NO7. The fourth-order valence-corrected chi connectivity index (χ4v) is 2.22. The lowest BCUT2D eigenvalue weighted by atomic mass is 10.0. The van der Waals surface area contributed by atoms with Crippen LogP contribution in [-0.4, -0.2) is 36.1 Å². The first-order chi connectivity index (χ1) is 12.9. The van der Waals surface area contributed by atoms with E-state index in [-0.39, 0.29) is 30.8 Å². The van der Waals surface area contributed by atoms with Gasteiger partial charge in [0.2, 0.25) is 0 Å². The predicted molar refractivity (Wildman–Crippen MR) is 94.3 cm³/mol. The van der Waals surface area contributed by atoms with Crippen molar-refractivity contribution in [2.75, 3.05) is 13.2 Å². The van der Waals surface area contributed by atoms with Gasteiger partial charge in [-0.2, -0.15) is 0 Å². The highest BCUT2D eigenvalue weighted by atomic mass is 16.6. The van der Waals surface area contributed by atoms with E-state index < -0.39 is 17.9 Å². The Balaban J connectivity index is 2.24. The minimum Gasteiger partial charge on any atom is -0.459 e. The summed E-state index contributed by atoms with van der Waals surface area (Å²) in [6, 6.07) is 6.27. The molecule has 0 saturated carbocycles. The van der Waals surface area contributed by atoms with Crippen molar-refractivity contribution in [3.05, 3.63) is 35.9 Å². The van der Waals surface area contributed by atoms with Crippen LogP contribution in [0.3, 0.4) is 0 Å². The first-order valence-corrected chi connectivity index (χ1v) is 8.54. The minimum absolute atomic E-state index is 0.00763. The van der Waals surface area contributed by atoms with Crippen LogP contribution in [0, 0.1) is 0 Å². The van der Waals surface area contributed by atoms with Crippen LogP contribution >= 0.6 is 0 Å². The van der Waals surface area contributed by atoms with Crippen molar-refractivity contribution in [1.29, 1.82) is 0 Å². The molecule has 27 heavy (non-hydrogen) atoms. The smallest absolute Gasteiger partial charge is 0.422 e. The molecule has 0 unspecified atom stereocenters. The second-order valence-corrected chi connectivity index (χ2v) is 5.74. The number of aromatic nitrogens is 1.